The van der Waals surface area contributed by atoms with Gasteiger partial charge in [0.15, 0.2) is 5.82 Å². The van der Waals surface area contributed by atoms with E-state index in [1.807, 2.05) is 0 Å². The zero-order valence-corrected chi connectivity index (χ0v) is 5.96. The molecule has 0 bridgehead atoms. The van der Waals surface area contributed by atoms with Gasteiger partial charge in [0.05, 0.1) is 0 Å². The summed E-state index contributed by atoms with van der Waals surface area (Å²) in [7, 11) is 0. The van der Waals surface area contributed by atoms with Gasteiger partial charge in [-0.1, -0.05) is 0 Å². The third kappa shape index (κ3) is 0.873. The van der Waals surface area contributed by atoms with Crippen molar-refractivity contribution < 1.29 is 5.11 Å². The van der Waals surface area contributed by atoms with Crippen molar-refractivity contribution in [1.29, 1.82) is 0 Å². The first-order valence-corrected chi connectivity index (χ1v) is 3.28. The topological polar surface area (TPSA) is 116 Å². The van der Waals surface area contributed by atoms with Crippen molar-refractivity contribution >= 4 is 17.5 Å². The number of aromatic nitrogens is 2. The van der Waals surface area contributed by atoms with Crippen molar-refractivity contribution in [2.45, 2.75) is 6.35 Å². The lowest BCUT2D eigenvalue weighted by Crippen LogP contribution is -2.21. The second kappa shape index (κ2) is 2.11. The lowest BCUT2D eigenvalue weighted by Gasteiger charge is -1.99. The van der Waals surface area contributed by atoms with Crippen LogP contribution in [0.2, 0.25) is 0 Å². The molecule has 1 aromatic rings. The van der Waals surface area contributed by atoms with E-state index in [1.54, 1.807) is 0 Å². The number of H-pyrrole nitrogens is 1. The van der Waals surface area contributed by atoms with Crippen LogP contribution in [-0.2, 0) is 0 Å². The Labute approximate surface area is 66.6 Å². The number of aromatic amines is 1. The van der Waals surface area contributed by atoms with Crippen LogP contribution in [0.15, 0.2) is 4.79 Å². The minimum Gasteiger partial charge on any atom is -0.369 e. The van der Waals surface area contributed by atoms with Gasteiger partial charge in [0.25, 0.3) is 5.56 Å². The van der Waals surface area contributed by atoms with Gasteiger partial charge in [0.1, 0.15) is 5.69 Å². The Morgan fingerprint density at radius 3 is 3.00 bits per heavy atom. The van der Waals surface area contributed by atoms with Crippen LogP contribution in [0.1, 0.15) is 0 Å². The molecule has 2 rings (SSSR count). The van der Waals surface area contributed by atoms with Gasteiger partial charge < -0.3 is 21.5 Å². The molecule has 7 nitrogen and oxygen atoms in total. The van der Waals surface area contributed by atoms with E-state index < -0.39 is 11.9 Å². The van der Waals surface area contributed by atoms with E-state index in [9.17, 15) is 4.79 Å². The Morgan fingerprint density at radius 1 is 1.50 bits per heavy atom. The van der Waals surface area contributed by atoms with Crippen molar-refractivity contribution in [3.05, 3.63) is 10.4 Å². The number of anilines is 3. The molecular weight excluding hydrogens is 162 g/mol. The molecular formula is C5H7N5O2. The van der Waals surface area contributed by atoms with Crippen LogP contribution in [0.25, 0.3) is 0 Å². The first kappa shape index (κ1) is 6.92. The molecule has 1 atom stereocenters. The molecule has 1 aliphatic rings. The average Bonchev–Trinajstić information content (AvgIpc) is 2.29. The molecule has 7 heteroatoms. The van der Waals surface area contributed by atoms with Crippen LogP contribution >= 0.6 is 0 Å². The number of nitrogens with two attached hydrogens (primary N) is 1. The number of hydrogen-bond acceptors (Lipinski definition) is 6. The molecule has 2 heterocycles. The first-order chi connectivity index (χ1) is 5.66. The summed E-state index contributed by atoms with van der Waals surface area (Å²) in [4.78, 5) is 17.1. The molecule has 1 aliphatic heterocycles. The van der Waals surface area contributed by atoms with Gasteiger partial charge in [-0.05, 0) is 0 Å². The molecule has 12 heavy (non-hydrogen) atoms. The summed E-state index contributed by atoms with van der Waals surface area (Å²) in [6.45, 7) is 0. The molecule has 0 unspecified atom stereocenters. The van der Waals surface area contributed by atoms with Crippen molar-refractivity contribution in [3.63, 3.8) is 0 Å². The van der Waals surface area contributed by atoms with Crippen LogP contribution in [0, 0.1) is 0 Å². The minimum absolute atomic E-state index is 0.0159. The standard InChI is InChI=1S/C5H7N5O2/c6-4-8-2-1(3(11)10-4)7-5(12)9-2/h5,7,12H,(H4,6,8,9,10,11)/t5-/m0/s1. The highest BCUT2D eigenvalue weighted by molar-refractivity contribution is 5.69. The Kier molecular flexibility index (Phi) is 1.22. The predicted molar refractivity (Wildman–Crippen MR) is 42.5 cm³/mol. The number of fused-ring (bicyclic) bond motifs is 1. The second-order valence-electron chi connectivity index (χ2n) is 2.37. The maximum atomic E-state index is 11.1. The van der Waals surface area contributed by atoms with Crippen molar-refractivity contribution in [2.75, 3.05) is 16.4 Å². The second-order valence-corrected chi connectivity index (χ2v) is 2.37. The number of nitrogens with zero attached hydrogens (tertiary/aromatic N) is 1. The van der Waals surface area contributed by atoms with Gasteiger partial charge in [0, 0.05) is 0 Å². The van der Waals surface area contributed by atoms with E-state index in [1.165, 1.54) is 0 Å². The smallest absolute Gasteiger partial charge is 0.278 e. The van der Waals surface area contributed by atoms with Gasteiger partial charge in [-0.25, -0.2) is 0 Å². The lowest BCUT2D eigenvalue weighted by atomic mass is 10.5. The maximum Gasteiger partial charge on any atom is 0.278 e. The monoisotopic (exact) mass is 169 g/mol. The quantitative estimate of drug-likeness (QED) is 0.321. The number of aliphatic hydroxyl groups is 1. The molecule has 0 aliphatic carbocycles. The van der Waals surface area contributed by atoms with Gasteiger partial charge >= 0.3 is 0 Å². The van der Waals surface area contributed by atoms with Crippen molar-refractivity contribution in [2.24, 2.45) is 0 Å². The van der Waals surface area contributed by atoms with Crippen LogP contribution < -0.4 is 21.9 Å². The molecule has 0 aromatic carbocycles. The summed E-state index contributed by atoms with van der Waals surface area (Å²) in [5.74, 6) is 0.283. The molecule has 0 saturated carbocycles. The van der Waals surface area contributed by atoms with Crippen LogP contribution in [0.3, 0.4) is 0 Å². The van der Waals surface area contributed by atoms with Crippen molar-refractivity contribution in [1.82, 2.24) is 9.97 Å². The molecule has 0 radical (unpaired) electrons. The Bertz CT molecular complexity index is 373. The van der Waals surface area contributed by atoms with Gasteiger partial charge in [-0.3, -0.25) is 9.78 Å². The number of nitrogen functional groups attached to an aromatic ring is 1. The fourth-order valence-electron chi connectivity index (χ4n) is 1.03. The third-order valence-corrected chi connectivity index (χ3v) is 1.49. The van der Waals surface area contributed by atoms with Gasteiger partial charge in [0.2, 0.25) is 12.3 Å². The number of rotatable bonds is 0. The predicted octanol–water partition coefficient (Wildman–Crippen LogP) is -1.53. The van der Waals surface area contributed by atoms with E-state index >= 15 is 0 Å². The van der Waals surface area contributed by atoms with Gasteiger partial charge in [-0.15, -0.1) is 0 Å². The summed E-state index contributed by atoms with van der Waals surface area (Å²) in [5.41, 5.74) is 5.06. The van der Waals surface area contributed by atoms with E-state index in [0.29, 0.717) is 0 Å². The van der Waals surface area contributed by atoms with Crippen molar-refractivity contribution in [3.8, 4) is 0 Å². The number of nitrogens with one attached hydrogen (secondary N) is 3. The van der Waals surface area contributed by atoms with Crippen LogP contribution in [0.4, 0.5) is 17.5 Å². The summed E-state index contributed by atoms with van der Waals surface area (Å²) in [6.07, 6.45) is -0.976. The lowest BCUT2D eigenvalue weighted by molar-refractivity contribution is 0.238. The largest absolute Gasteiger partial charge is 0.369 e. The fraction of sp³-hybridized carbons (Fsp3) is 0.200. The molecule has 0 amide bonds. The fourth-order valence-corrected chi connectivity index (χ4v) is 1.03. The summed E-state index contributed by atoms with van der Waals surface area (Å²) in [5, 5.41) is 14.0. The Balaban J connectivity index is 2.60. The summed E-state index contributed by atoms with van der Waals surface area (Å²) >= 11 is 0. The zero-order valence-electron chi connectivity index (χ0n) is 5.96. The van der Waals surface area contributed by atoms with E-state index in [0.717, 1.165) is 0 Å². The Hall–Kier alpha value is -1.76. The highest BCUT2D eigenvalue weighted by atomic mass is 16.3. The molecule has 0 spiro atoms. The molecule has 0 fully saturated rings. The molecule has 64 valence electrons. The third-order valence-electron chi connectivity index (χ3n) is 1.49. The Morgan fingerprint density at radius 2 is 2.25 bits per heavy atom. The molecule has 0 saturated heterocycles. The van der Waals surface area contributed by atoms with Gasteiger partial charge in [-0.2, -0.15) is 4.98 Å². The SMILES string of the molecule is Nc1nc2c(c(=O)[nH]1)N[C@H](O)N2. The zero-order chi connectivity index (χ0) is 8.72. The van der Waals surface area contributed by atoms with E-state index in [4.69, 9.17) is 10.8 Å². The average molecular weight is 169 g/mol. The summed E-state index contributed by atoms with van der Waals surface area (Å²) in [6, 6.07) is 0. The highest BCUT2D eigenvalue weighted by Gasteiger charge is 2.21. The first-order valence-electron chi connectivity index (χ1n) is 3.28. The number of aliphatic hydroxyl groups excluding tert-OH is 1. The van der Waals surface area contributed by atoms with E-state index in [-0.39, 0.29) is 17.5 Å². The van der Waals surface area contributed by atoms with Crippen LogP contribution in [0.5, 0.6) is 0 Å². The summed E-state index contributed by atoms with van der Waals surface area (Å²) < 4.78 is 0. The normalized spacial score (nSPS) is 19.6. The molecule has 6 N–H and O–H groups in total. The number of hydrogen-bond donors (Lipinski definition) is 5. The maximum absolute atomic E-state index is 11.1. The van der Waals surface area contributed by atoms with Crippen LogP contribution in [-0.4, -0.2) is 21.4 Å². The highest BCUT2D eigenvalue weighted by Crippen LogP contribution is 2.20. The van der Waals surface area contributed by atoms with E-state index in [2.05, 4.69) is 20.6 Å². The molecule has 1 aromatic heterocycles. The minimum atomic E-state index is -0.976.